The fourth-order valence-electron chi connectivity index (χ4n) is 0.0913. The van der Waals surface area contributed by atoms with Crippen molar-refractivity contribution in [3.8, 4) is 0 Å². The fourth-order valence-corrected chi connectivity index (χ4v) is 0.0913. The van der Waals surface area contributed by atoms with E-state index in [1.54, 1.807) is 12.0 Å². The van der Waals surface area contributed by atoms with Gasteiger partial charge in [0.2, 0.25) is 0 Å². The molecule has 1 radical (unpaired) electrons. The molecular weight excluding hydrogens is 703 g/mol. The predicted octanol–water partition coefficient (Wildman–Crippen LogP) is -1.93. The first-order valence-electron chi connectivity index (χ1n) is 3.65. The Bertz CT molecular complexity index is 48.7. The summed E-state index contributed by atoms with van der Waals surface area (Å²) in [6, 6.07) is 0. The van der Waals surface area contributed by atoms with E-state index in [4.69, 9.17) is 0 Å². The Morgan fingerprint density at radius 3 is 1.24 bits per heavy atom. The Kier molecular flexibility index (Phi) is 401. The van der Waals surface area contributed by atoms with E-state index in [0.717, 1.165) is 6.54 Å². The maximum absolute atomic E-state index is 4.48. The maximum Gasteiger partial charge on any atom is 1.00 e. The molecule has 0 N–H and O–H groups in total. The van der Waals surface area contributed by atoms with Gasteiger partial charge in [0.25, 0.3) is 0 Å². The average Bonchev–Trinajstić information content (AvgIpc) is 2.10. The molecule has 0 aliphatic heterocycles. The number of hydroxylamine groups is 2. The topological polar surface area (TPSA) is 12.5 Å². The summed E-state index contributed by atoms with van der Waals surface area (Å²) in [5, 5.41) is 1.64. The Hall–Kier alpha value is 3.15. The van der Waals surface area contributed by atoms with Gasteiger partial charge in [-0.05, 0) is 0 Å². The third-order valence-corrected chi connectivity index (χ3v) is 0.666. The van der Waals surface area contributed by atoms with Crippen LogP contribution in [0.5, 0.6) is 0 Å². The summed E-state index contributed by atoms with van der Waals surface area (Å²) in [6.45, 7) is 11.9. The van der Waals surface area contributed by atoms with Gasteiger partial charge in [-0.25, -0.2) is 12.2 Å². The molecule has 0 aliphatic carbocycles. The van der Waals surface area contributed by atoms with E-state index in [1.807, 2.05) is 27.8 Å². The predicted molar refractivity (Wildman–Crippen MR) is 66.7 cm³/mol. The molecule has 0 fully saturated rings. The van der Waals surface area contributed by atoms with E-state index >= 15 is 0 Å². The van der Waals surface area contributed by atoms with Crippen molar-refractivity contribution in [3.63, 3.8) is 0 Å². The van der Waals surface area contributed by atoms with Crippen LogP contribution in [0.2, 0.25) is 0 Å². The zero-order chi connectivity index (χ0) is 8.99. The van der Waals surface area contributed by atoms with Crippen molar-refractivity contribution in [2.45, 2.75) is 35.1 Å². The molecule has 0 heterocycles. The molecule has 101 valence electrons. The van der Waals surface area contributed by atoms with Gasteiger partial charge in [-0.1, -0.05) is 28.2 Å². The monoisotopic (exact) mass is 733 g/mol. The maximum atomic E-state index is 4.48. The molecular formula is C11H31NORb2RfRh-2. The first kappa shape index (κ1) is 71.7. The van der Waals surface area contributed by atoms with Crippen LogP contribution < -0.4 is 116 Å². The van der Waals surface area contributed by atoms with Crippen LogP contribution in [0.15, 0.2) is 0 Å². The van der Waals surface area contributed by atoms with Crippen LogP contribution in [0.4, 0.5) is 0 Å². The molecule has 0 aromatic heterocycles. The third-order valence-electron chi connectivity index (χ3n) is 0.666. The summed E-state index contributed by atoms with van der Waals surface area (Å²) in [5.74, 6) is 0. The Morgan fingerprint density at radius 1 is 1.06 bits per heavy atom. The quantitative estimate of drug-likeness (QED) is 0.187. The smallest absolute Gasteiger partial charge is 0.476 e. The van der Waals surface area contributed by atoms with E-state index in [-0.39, 0.29) is 158 Å². The summed E-state index contributed by atoms with van der Waals surface area (Å²) in [4.78, 5) is 4.48. The first-order chi connectivity index (χ1) is 4.81. The van der Waals surface area contributed by atoms with Crippen molar-refractivity contribution in [2.24, 2.45) is 0 Å². The van der Waals surface area contributed by atoms with E-state index in [2.05, 4.69) is 18.9 Å². The van der Waals surface area contributed by atoms with Crippen molar-refractivity contribution in [1.82, 2.24) is 5.06 Å². The van der Waals surface area contributed by atoms with Crippen LogP contribution in [0.1, 0.15) is 35.1 Å². The SMILES string of the molecule is C.CC.[CH2-]C.[CH2-]ON(C)CC.[CH3-].[CH3-].[Rb+].[Rb+].[Rf].[Rh]. The van der Waals surface area contributed by atoms with Gasteiger partial charge in [-0.3, -0.25) is 0 Å². The van der Waals surface area contributed by atoms with Gasteiger partial charge >= 0.3 is 116 Å². The normalized spacial score (nSPS) is 4.24. The van der Waals surface area contributed by atoms with Crippen molar-refractivity contribution in [1.29, 1.82) is 0 Å². The van der Waals surface area contributed by atoms with Crippen LogP contribution in [0, 0.1) is 28.9 Å². The molecule has 0 aromatic carbocycles. The van der Waals surface area contributed by atoms with Crippen molar-refractivity contribution in [2.75, 3.05) is 13.6 Å². The summed E-state index contributed by atoms with van der Waals surface area (Å²) in [6.07, 6.45) is 0. The minimum absolute atomic E-state index is 0. The molecule has 6 heteroatoms. The van der Waals surface area contributed by atoms with E-state index in [1.165, 1.54) is 0 Å². The van der Waals surface area contributed by atoms with E-state index in [0.29, 0.717) is 0 Å². The van der Waals surface area contributed by atoms with Crippen molar-refractivity contribution in [3.05, 3.63) is 28.9 Å². The molecule has 0 saturated carbocycles. The standard InChI is InChI=1S/C4H10NO.C2H6.C2H5.CH4.2CH3.2Rb.Rf.Rh/c1-4-5(2)6-3;2*1-2;;;;;;;/h3-4H2,1-2H3;1-2H3;1H2,2H3;1H4;2*1H3;;;;/q-1;;-1;;2*-1;2*+1;;. The molecule has 0 saturated heterocycles. The number of hydrogen-bond donors (Lipinski definition) is 0. The number of nitrogens with zero attached hydrogens (tertiary/aromatic N) is 1. The third kappa shape index (κ3) is 110. The van der Waals surface area contributed by atoms with E-state index < -0.39 is 0 Å². The van der Waals surface area contributed by atoms with Crippen molar-refractivity contribution >= 4 is 0 Å². The van der Waals surface area contributed by atoms with Crippen LogP contribution >= 0.6 is 0 Å². The molecule has 0 aromatic rings. The fraction of sp³-hybridized carbons (Fsp3) is 0.636. The summed E-state index contributed by atoms with van der Waals surface area (Å²) in [7, 11) is 5.01. The van der Waals surface area contributed by atoms with E-state index in [9.17, 15) is 0 Å². The molecule has 0 bridgehead atoms. The summed E-state index contributed by atoms with van der Waals surface area (Å²) >= 11 is 0. The molecule has 0 rings (SSSR count). The average molecular weight is 734 g/mol. The Labute approximate surface area is 218 Å². The molecule has 0 atom stereocenters. The van der Waals surface area contributed by atoms with Gasteiger partial charge in [0.15, 0.2) is 0 Å². The minimum Gasteiger partial charge on any atom is -0.476 e. The van der Waals surface area contributed by atoms with Gasteiger partial charge in [0.05, 0.1) is 0 Å². The van der Waals surface area contributed by atoms with Crippen molar-refractivity contribution < 1.29 is 141 Å². The van der Waals surface area contributed by atoms with Gasteiger partial charge < -0.3 is 26.6 Å². The molecule has 0 unspecified atom stereocenters. The largest absolute Gasteiger partial charge is 1.00 e. The van der Waals surface area contributed by atoms with Crippen LogP contribution in [0.25, 0.3) is 0 Å². The second kappa shape index (κ2) is 94.9. The zero-order valence-electron chi connectivity index (χ0n) is 13.0. The number of rotatable bonds is 2. The molecule has 0 aliphatic rings. The van der Waals surface area contributed by atoms with Gasteiger partial charge in [-0.2, -0.15) is 6.92 Å². The Balaban J connectivity index is -0.00000000514. The summed E-state index contributed by atoms with van der Waals surface area (Å²) < 4.78 is 0. The number of hydrogen-bond acceptors (Lipinski definition) is 2. The molecule has 0 amide bonds. The van der Waals surface area contributed by atoms with Gasteiger partial charge in [0.1, 0.15) is 0 Å². The van der Waals surface area contributed by atoms with Gasteiger partial charge in [-0.15, -0.1) is 0 Å². The summed E-state index contributed by atoms with van der Waals surface area (Å²) in [5.41, 5.74) is 0. The molecule has 2 nitrogen and oxygen atoms in total. The molecule has 0 spiro atoms. The second-order valence-electron chi connectivity index (χ2n) is 1.07. The Morgan fingerprint density at radius 2 is 1.24 bits per heavy atom. The van der Waals surface area contributed by atoms with Crippen LogP contribution in [-0.4, -0.2) is 18.7 Å². The zero-order valence-corrected chi connectivity index (χ0v) is 30.9. The molecule has 17 heavy (non-hydrogen) atoms. The van der Waals surface area contributed by atoms with Gasteiger partial charge in [0, 0.05) is 33.1 Å². The first-order valence-corrected chi connectivity index (χ1v) is 3.65. The van der Waals surface area contributed by atoms with Crippen LogP contribution in [-0.2, 0) is 24.3 Å². The van der Waals surface area contributed by atoms with Crippen LogP contribution in [0.3, 0.4) is 0 Å². The second-order valence-corrected chi connectivity index (χ2v) is 1.07. The minimum atomic E-state index is 0.